The van der Waals surface area contributed by atoms with Gasteiger partial charge in [0.2, 0.25) is 0 Å². The first kappa shape index (κ1) is 23.8. The quantitative estimate of drug-likeness (QED) is 0.201. The van der Waals surface area contributed by atoms with Crippen LogP contribution in [0.25, 0.3) is 33.8 Å². The maximum Gasteiger partial charge on any atom is 0.0537 e. The summed E-state index contributed by atoms with van der Waals surface area (Å²) in [7, 11) is 0. The Labute approximate surface area is 237 Å². The minimum atomic E-state index is 1.05. The van der Waals surface area contributed by atoms with Crippen LogP contribution in [-0.2, 0) is 6.42 Å². The molecule has 0 fully saturated rings. The lowest BCUT2D eigenvalue weighted by atomic mass is 10.0. The second-order valence-electron chi connectivity index (χ2n) is 9.91. The number of rotatable bonds is 5. The van der Waals surface area contributed by atoms with E-state index >= 15 is 0 Å². The molecule has 0 radical (unpaired) electrons. The number of fused-ring (bicyclic) bond motifs is 3. The van der Waals surface area contributed by atoms with E-state index in [-0.39, 0.29) is 0 Å². The summed E-state index contributed by atoms with van der Waals surface area (Å²) >= 11 is 3.80. The second kappa shape index (κ2) is 10.1. The Bertz CT molecular complexity index is 1760. The van der Waals surface area contributed by atoms with Gasteiger partial charge >= 0.3 is 0 Å². The normalized spacial score (nSPS) is 12.4. The van der Waals surface area contributed by atoms with E-state index in [0.717, 1.165) is 34.4 Å². The van der Waals surface area contributed by atoms with Gasteiger partial charge in [0, 0.05) is 38.3 Å². The minimum Gasteiger partial charge on any atom is -0.310 e. The van der Waals surface area contributed by atoms with Crippen LogP contribution in [0.2, 0.25) is 0 Å². The van der Waals surface area contributed by atoms with Crippen LogP contribution < -0.4 is 4.90 Å². The standard InChI is InChI=1S/C36H27BrN2/c37-28-23-27(24-32(25-28)38(29-11-3-1-4-12-29)30-13-5-2-6-14-30)26-19-21-31(22-20-26)39-35-17-9-7-15-33(35)34-16-8-10-18-36(34)39/h1-7,9-15,17-25H,8,16H2. The van der Waals surface area contributed by atoms with Gasteiger partial charge in [0.25, 0.3) is 0 Å². The van der Waals surface area contributed by atoms with Gasteiger partial charge in [-0.15, -0.1) is 0 Å². The first-order valence-electron chi connectivity index (χ1n) is 13.4. The van der Waals surface area contributed by atoms with E-state index < -0.39 is 0 Å². The van der Waals surface area contributed by atoms with Gasteiger partial charge in [-0.05, 0) is 96.3 Å². The highest BCUT2D eigenvalue weighted by molar-refractivity contribution is 9.10. The summed E-state index contributed by atoms with van der Waals surface area (Å²) in [5.74, 6) is 0. The summed E-state index contributed by atoms with van der Waals surface area (Å²) in [5.41, 5.74) is 10.9. The topological polar surface area (TPSA) is 8.17 Å². The van der Waals surface area contributed by atoms with Gasteiger partial charge < -0.3 is 9.47 Å². The van der Waals surface area contributed by atoms with Gasteiger partial charge in [0.05, 0.1) is 5.52 Å². The van der Waals surface area contributed by atoms with Gasteiger partial charge in [-0.1, -0.05) is 88.7 Å². The van der Waals surface area contributed by atoms with Crippen molar-refractivity contribution in [3.63, 3.8) is 0 Å². The highest BCUT2D eigenvalue weighted by atomic mass is 79.9. The molecule has 2 nitrogen and oxygen atoms in total. The van der Waals surface area contributed by atoms with E-state index in [9.17, 15) is 0 Å². The lowest BCUT2D eigenvalue weighted by Gasteiger charge is -2.26. The van der Waals surface area contributed by atoms with Crippen LogP contribution in [0, 0.1) is 0 Å². The molecular formula is C36H27BrN2. The van der Waals surface area contributed by atoms with Crippen LogP contribution >= 0.6 is 15.9 Å². The SMILES string of the molecule is Brc1cc(-c2ccc(-n3c4c(c5ccccc53)CCC=C4)cc2)cc(N(c2ccccc2)c2ccccc2)c1. The van der Waals surface area contributed by atoms with Crippen LogP contribution in [0.4, 0.5) is 17.1 Å². The molecule has 1 aromatic heterocycles. The molecule has 1 aliphatic carbocycles. The third kappa shape index (κ3) is 4.39. The number of aryl methyl sites for hydroxylation is 1. The average Bonchev–Trinajstić information content (AvgIpc) is 3.33. The largest absolute Gasteiger partial charge is 0.310 e. The number of halogens is 1. The molecule has 1 heterocycles. The molecule has 0 bridgehead atoms. The molecule has 0 aliphatic heterocycles. The molecule has 0 N–H and O–H groups in total. The zero-order valence-corrected chi connectivity index (χ0v) is 23.1. The molecular weight excluding hydrogens is 540 g/mol. The molecule has 0 spiro atoms. The van der Waals surface area contributed by atoms with Crippen LogP contribution in [0.3, 0.4) is 0 Å². The summed E-state index contributed by atoms with van der Waals surface area (Å²) in [4.78, 5) is 2.30. The van der Waals surface area contributed by atoms with Crippen LogP contribution in [0.15, 0.2) is 138 Å². The molecule has 6 aromatic rings. The van der Waals surface area contributed by atoms with Gasteiger partial charge in [-0.3, -0.25) is 0 Å². The molecule has 1 aliphatic rings. The van der Waals surface area contributed by atoms with Crippen molar-refractivity contribution < 1.29 is 0 Å². The summed E-state index contributed by atoms with van der Waals surface area (Å²) < 4.78 is 3.45. The van der Waals surface area contributed by atoms with Gasteiger partial charge in [0.15, 0.2) is 0 Å². The fraction of sp³-hybridized carbons (Fsp3) is 0.0556. The number of hydrogen-bond acceptors (Lipinski definition) is 1. The maximum atomic E-state index is 3.80. The van der Waals surface area contributed by atoms with E-state index in [1.807, 2.05) is 0 Å². The van der Waals surface area contributed by atoms with Crippen molar-refractivity contribution in [3.05, 3.63) is 149 Å². The summed E-state index contributed by atoms with van der Waals surface area (Å²) in [5, 5.41) is 1.36. The molecule has 0 unspecified atom stereocenters. The Morgan fingerprint density at radius 2 is 1.28 bits per heavy atom. The van der Waals surface area contributed by atoms with Crippen molar-refractivity contribution in [1.82, 2.24) is 4.57 Å². The van der Waals surface area contributed by atoms with E-state index in [0.29, 0.717) is 0 Å². The predicted molar refractivity (Wildman–Crippen MR) is 168 cm³/mol. The van der Waals surface area contributed by atoms with Crippen LogP contribution in [0.1, 0.15) is 17.7 Å². The number of nitrogens with zero attached hydrogens (tertiary/aromatic N) is 2. The second-order valence-corrected chi connectivity index (χ2v) is 10.8. The maximum absolute atomic E-state index is 3.80. The Balaban J connectivity index is 1.31. The molecule has 5 aromatic carbocycles. The number of aromatic nitrogens is 1. The summed E-state index contributed by atoms with van der Waals surface area (Å²) in [6.45, 7) is 0. The van der Waals surface area contributed by atoms with Crippen molar-refractivity contribution in [2.24, 2.45) is 0 Å². The van der Waals surface area contributed by atoms with Gasteiger partial charge in [0.1, 0.15) is 0 Å². The Kier molecular flexibility index (Phi) is 6.14. The smallest absolute Gasteiger partial charge is 0.0537 e. The zero-order chi connectivity index (χ0) is 26.2. The predicted octanol–water partition coefficient (Wildman–Crippen LogP) is 10.5. The highest BCUT2D eigenvalue weighted by Crippen LogP contribution is 2.39. The molecule has 0 atom stereocenters. The number of para-hydroxylation sites is 3. The number of benzene rings is 5. The van der Waals surface area contributed by atoms with Crippen molar-refractivity contribution in [3.8, 4) is 16.8 Å². The lowest BCUT2D eigenvalue weighted by Crippen LogP contribution is -2.09. The lowest BCUT2D eigenvalue weighted by molar-refractivity contribution is 0.967. The third-order valence-electron chi connectivity index (χ3n) is 7.49. The zero-order valence-electron chi connectivity index (χ0n) is 21.5. The van der Waals surface area contributed by atoms with E-state index in [1.165, 1.54) is 39.0 Å². The Morgan fingerprint density at radius 1 is 0.615 bits per heavy atom. The molecule has 0 saturated carbocycles. The fourth-order valence-corrected chi connectivity index (χ4v) is 6.22. The number of allylic oxidation sites excluding steroid dienone is 1. The molecule has 0 amide bonds. The van der Waals surface area contributed by atoms with Crippen molar-refractivity contribution in [2.45, 2.75) is 12.8 Å². The summed E-state index contributed by atoms with van der Waals surface area (Å²) in [6, 6.07) is 45.5. The van der Waals surface area contributed by atoms with Crippen molar-refractivity contribution in [2.75, 3.05) is 4.90 Å². The van der Waals surface area contributed by atoms with Crippen molar-refractivity contribution in [1.29, 1.82) is 0 Å². The molecule has 39 heavy (non-hydrogen) atoms. The fourth-order valence-electron chi connectivity index (χ4n) is 5.74. The molecule has 7 rings (SSSR count). The Morgan fingerprint density at radius 3 is 2.00 bits per heavy atom. The molecule has 188 valence electrons. The first-order chi connectivity index (χ1) is 19.3. The molecule has 0 saturated heterocycles. The van der Waals surface area contributed by atoms with Gasteiger partial charge in [-0.25, -0.2) is 0 Å². The first-order valence-corrected chi connectivity index (χ1v) is 14.2. The summed E-state index contributed by atoms with van der Waals surface area (Å²) in [6.07, 6.45) is 6.78. The number of anilines is 3. The Hall–Kier alpha value is -4.34. The highest BCUT2D eigenvalue weighted by Gasteiger charge is 2.18. The monoisotopic (exact) mass is 566 g/mol. The van der Waals surface area contributed by atoms with Crippen LogP contribution in [-0.4, -0.2) is 4.57 Å². The van der Waals surface area contributed by atoms with E-state index in [2.05, 4.69) is 165 Å². The minimum absolute atomic E-state index is 1.05. The average molecular weight is 568 g/mol. The third-order valence-corrected chi connectivity index (χ3v) is 7.94. The van der Waals surface area contributed by atoms with Crippen LogP contribution in [0.5, 0.6) is 0 Å². The van der Waals surface area contributed by atoms with Gasteiger partial charge in [-0.2, -0.15) is 0 Å². The molecule has 3 heteroatoms. The van der Waals surface area contributed by atoms with E-state index in [1.54, 1.807) is 0 Å². The van der Waals surface area contributed by atoms with Crippen molar-refractivity contribution >= 4 is 50.0 Å². The number of hydrogen-bond donors (Lipinski definition) is 0. The van der Waals surface area contributed by atoms with E-state index in [4.69, 9.17) is 0 Å².